The Morgan fingerprint density at radius 1 is 1.41 bits per heavy atom. The molecule has 0 spiro atoms. The largest absolute Gasteiger partial charge is 0.374 e. The quantitative estimate of drug-likeness (QED) is 0.875. The first-order valence-electron chi connectivity index (χ1n) is 5.88. The van der Waals surface area contributed by atoms with Crippen LogP contribution < -0.4 is 5.32 Å². The summed E-state index contributed by atoms with van der Waals surface area (Å²) in [5, 5.41) is 3.12. The third kappa shape index (κ3) is 3.01. The zero-order valence-electron chi connectivity index (χ0n) is 9.93. The molecule has 1 aliphatic heterocycles. The van der Waals surface area contributed by atoms with Crippen molar-refractivity contribution in [2.24, 2.45) is 0 Å². The third-order valence-corrected chi connectivity index (χ3v) is 3.15. The normalized spacial score (nSPS) is 24.2. The minimum absolute atomic E-state index is 0.163. The number of hydrogen-bond acceptors (Lipinski definition) is 2. The van der Waals surface area contributed by atoms with E-state index in [1.165, 1.54) is 6.07 Å². The number of halogens is 2. The van der Waals surface area contributed by atoms with E-state index in [-0.39, 0.29) is 5.60 Å². The predicted octanol–water partition coefficient (Wildman–Crippen LogP) is 2.62. The van der Waals surface area contributed by atoms with E-state index in [2.05, 4.69) is 5.32 Å². The maximum Gasteiger partial charge on any atom is 0.163 e. The van der Waals surface area contributed by atoms with Gasteiger partial charge in [0.1, 0.15) is 0 Å². The third-order valence-electron chi connectivity index (χ3n) is 3.15. The molecule has 0 aromatic heterocycles. The molecule has 0 radical (unpaired) electrons. The molecule has 1 N–H and O–H groups in total. The lowest BCUT2D eigenvalue weighted by Crippen LogP contribution is -2.36. The van der Waals surface area contributed by atoms with Gasteiger partial charge < -0.3 is 10.1 Å². The van der Waals surface area contributed by atoms with E-state index in [0.29, 0.717) is 18.7 Å². The van der Waals surface area contributed by atoms with Crippen molar-refractivity contribution in [2.75, 3.05) is 13.2 Å². The molecular weight excluding hydrogens is 224 g/mol. The van der Waals surface area contributed by atoms with Gasteiger partial charge in [-0.25, -0.2) is 8.78 Å². The molecule has 0 aliphatic carbocycles. The van der Waals surface area contributed by atoms with Crippen LogP contribution in [0.25, 0.3) is 0 Å². The average molecular weight is 241 g/mol. The van der Waals surface area contributed by atoms with Gasteiger partial charge in [0.05, 0.1) is 5.60 Å². The van der Waals surface area contributed by atoms with Crippen LogP contribution in [0.4, 0.5) is 8.78 Å². The van der Waals surface area contributed by atoms with Crippen LogP contribution in [0.3, 0.4) is 0 Å². The van der Waals surface area contributed by atoms with Gasteiger partial charge in [-0.15, -0.1) is 0 Å². The maximum atomic E-state index is 13.4. The Hall–Kier alpha value is -1.00. The van der Waals surface area contributed by atoms with Gasteiger partial charge in [0, 0.05) is 25.3 Å². The molecule has 1 aliphatic rings. The first-order valence-corrected chi connectivity index (χ1v) is 5.88. The van der Waals surface area contributed by atoms with E-state index in [1.54, 1.807) is 6.07 Å². The molecule has 1 aromatic carbocycles. The summed E-state index contributed by atoms with van der Waals surface area (Å²) in [6.07, 6.45) is 2.07. The summed E-state index contributed by atoms with van der Waals surface area (Å²) in [4.78, 5) is 0. The Kier molecular flexibility index (Phi) is 3.74. The second kappa shape index (κ2) is 5.10. The van der Waals surface area contributed by atoms with Crippen LogP contribution in [0.2, 0.25) is 0 Å². The predicted molar refractivity (Wildman–Crippen MR) is 61.7 cm³/mol. The molecule has 17 heavy (non-hydrogen) atoms. The van der Waals surface area contributed by atoms with Crippen molar-refractivity contribution < 1.29 is 13.5 Å². The standard InChI is InChI=1S/C13H17F2NO/c1-13(6-3-7-17-13)9-16-8-10-4-2-5-11(14)12(10)15/h2,4-5,16H,3,6-9H2,1H3. The van der Waals surface area contributed by atoms with Gasteiger partial charge >= 0.3 is 0 Å². The Labute approximate surface area is 100.0 Å². The number of nitrogens with one attached hydrogen (secondary N) is 1. The summed E-state index contributed by atoms with van der Waals surface area (Å²) in [7, 11) is 0. The van der Waals surface area contributed by atoms with Crippen LogP contribution >= 0.6 is 0 Å². The van der Waals surface area contributed by atoms with E-state index in [9.17, 15) is 8.78 Å². The monoisotopic (exact) mass is 241 g/mol. The molecule has 0 bridgehead atoms. The van der Waals surface area contributed by atoms with Crippen molar-refractivity contribution in [1.29, 1.82) is 0 Å². The molecular formula is C13H17F2NO. The summed E-state index contributed by atoms with van der Waals surface area (Å²) >= 11 is 0. The highest BCUT2D eigenvalue weighted by atomic mass is 19.2. The molecule has 4 heteroatoms. The highest BCUT2D eigenvalue weighted by Crippen LogP contribution is 2.24. The minimum atomic E-state index is -0.798. The van der Waals surface area contributed by atoms with Crippen molar-refractivity contribution in [3.05, 3.63) is 35.4 Å². The Morgan fingerprint density at radius 3 is 2.94 bits per heavy atom. The molecule has 1 aromatic rings. The van der Waals surface area contributed by atoms with Gasteiger partial charge in [0.2, 0.25) is 0 Å². The summed E-state index contributed by atoms with van der Waals surface area (Å²) in [5.74, 6) is -1.56. The molecule has 1 heterocycles. The van der Waals surface area contributed by atoms with Crippen molar-refractivity contribution in [1.82, 2.24) is 5.32 Å². The highest BCUT2D eigenvalue weighted by Gasteiger charge is 2.29. The lowest BCUT2D eigenvalue weighted by molar-refractivity contribution is 0.0206. The van der Waals surface area contributed by atoms with Crippen molar-refractivity contribution in [3.8, 4) is 0 Å². The molecule has 0 saturated carbocycles. The molecule has 1 saturated heterocycles. The second-order valence-electron chi connectivity index (χ2n) is 4.72. The van der Waals surface area contributed by atoms with Crippen LogP contribution in [0.5, 0.6) is 0 Å². The topological polar surface area (TPSA) is 21.3 Å². The molecule has 94 valence electrons. The smallest absolute Gasteiger partial charge is 0.163 e. The van der Waals surface area contributed by atoms with Crippen LogP contribution in [-0.4, -0.2) is 18.8 Å². The lowest BCUT2D eigenvalue weighted by atomic mass is 10.0. The number of ether oxygens (including phenoxy) is 1. The molecule has 2 nitrogen and oxygen atoms in total. The summed E-state index contributed by atoms with van der Waals surface area (Å²) in [5.41, 5.74) is 0.190. The first kappa shape index (κ1) is 12.5. The molecule has 2 rings (SSSR count). The fourth-order valence-corrected chi connectivity index (χ4v) is 2.12. The second-order valence-corrected chi connectivity index (χ2v) is 4.72. The van der Waals surface area contributed by atoms with E-state index in [0.717, 1.165) is 25.5 Å². The van der Waals surface area contributed by atoms with Gasteiger partial charge in [0.25, 0.3) is 0 Å². The zero-order chi connectivity index (χ0) is 12.3. The summed E-state index contributed by atoms with van der Waals surface area (Å²) in [6.45, 7) is 3.80. The Bertz CT molecular complexity index is 389. The fourth-order valence-electron chi connectivity index (χ4n) is 2.12. The van der Waals surface area contributed by atoms with Crippen molar-refractivity contribution in [2.45, 2.75) is 31.9 Å². The summed E-state index contributed by atoms with van der Waals surface area (Å²) < 4.78 is 31.9. The SMILES string of the molecule is CC1(CNCc2cccc(F)c2F)CCCO1. The van der Waals surface area contributed by atoms with Gasteiger partial charge in [-0.05, 0) is 25.8 Å². The van der Waals surface area contributed by atoms with Crippen LogP contribution in [-0.2, 0) is 11.3 Å². The van der Waals surface area contributed by atoms with Crippen molar-refractivity contribution in [3.63, 3.8) is 0 Å². The van der Waals surface area contributed by atoms with Crippen LogP contribution in [0.1, 0.15) is 25.3 Å². The van der Waals surface area contributed by atoms with E-state index in [1.807, 2.05) is 6.92 Å². The van der Waals surface area contributed by atoms with Crippen LogP contribution in [0, 0.1) is 11.6 Å². The molecule has 0 amide bonds. The lowest BCUT2D eigenvalue weighted by Gasteiger charge is -2.23. The highest BCUT2D eigenvalue weighted by molar-refractivity contribution is 5.18. The van der Waals surface area contributed by atoms with Gasteiger partial charge in [-0.2, -0.15) is 0 Å². The molecule has 1 atom stereocenters. The van der Waals surface area contributed by atoms with Gasteiger partial charge in [-0.1, -0.05) is 12.1 Å². The van der Waals surface area contributed by atoms with E-state index < -0.39 is 11.6 Å². The fraction of sp³-hybridized carbons (Fsp3) is 0.538. The minimum Gasteiger partial charge on any atom is -0.374 e. The van der Waals surface area contributed by atoms with Crippen molar-refractivity contribution >= 4 is 0 Å². The maximum absolute atomic E-state index is 13.4. The zero-order valence-corrected chi connectivity index (χ0v) is 9.93. The van der Waals surface area contributed by atoms with E-state index in [4.69, 9.17) is 4.74 Å². The van der Waals surface area contributed by atoms with Gasteiger partial charge in [-0.3, -0.25) is 0 Å². The molecule has 1 unspecified atom stereocenters. The van der Waals surface area contributed by atoms with Crippen LogP contribution in [0.15, 0.2) is 18.2 Å². The van der Waals surface area contributed by atoms with E-state index >= 15 is 0 Å². The first-order chi connectivity index (χ1) is 8.11. The summed E-state index contributed by atoms with van der Waals surface area (Å²) in [6, 6.07) is 4.23. The molecule has 1 fully saturated rings. The average Bonchev–Trinajstić information content (AvgIpc) is 2.72. The number of rotatable bonds is 4. The Balaban J connectivity index is 1.88. The van der Waals surface area contributed by atoms with Gasteiger partial charge in [0.15, 0.2) is 11.6 Å². The number of hydrogen-bond donors (Lipinski definition) is 1. The Morgan fingerprint density at radius 2 is 2.24 bits per heavy atom. The number of benzene rings is 1.